The molecule has 2 aromatic heterocycles. The summed E-state index contributed by atoms with van der Waals surface area (Å²) >= 11 is 0. The Balaban J connectivity index is 1.26. The summed E-state index contributed by atoms with van der Waals surface area (Å²) in [4.78, 5) is 48.2. The van der Waals surface area contributed by atoms with E-state index in [0.717, 1.165) is 34.1 Å². The SMILES string of the molecule is Cc1cc(C)c2c(CC(=O)N/N=C3\CCCc4oc(C(=O)NNC(=O)c5ccc([N+](=O)[O-])cc5)c(C)c43)coc2c1. The molecule has 5 rings (SSSR count). The zero-order valence-electron chi connectivity index (χ0n) is 22.6. The van der Waals surface area contributed by atoms with Crippen molar-refractivity contribution < 1.29 is 28.1 Å². The van der Waals surface area contributed by atoms with Crippen molar-refractivity contribution >= 4 is 40.1 Å². The molecule has 4 aromatic rings. The summed E-state index contributed by atoms with van der Waals surface area (Å²) in [5.74, 6) is -1.05. The van der Waals surface area contributed by atoms with Gasteiger partial charge >= 0.3 is 5.91 Å². The molecular weight excluding hydrogens is 530 g/mol. The second kappa shape index (κ2) is 11.1. The molecule has 0 saturated heterocycles. The monoisotopic (exact) mass is 557 g/mol. The van der Waals surface area contributed by atoms with Crippen molar-refractivity contribution in [3.05, 3.63) is 97.7 Å². The topological polar surface area (TPSA) is 169 Å². The Morgan fingerprint density at radius 2 is 1.76 bits per heavy atom. The summed E-state index contributed by atoms with van der Waals surface area (Å²) in [5, 5.41) is 16.1. The molecule has 3 N–H and O–H groups in total. The van der Waals surface area contributed by atoms with Crippen LogP contribution in [0, 0.1) is 30.9 Å². The fraction of sp³-hybridized carbons (Fsp3) is 0.241. The average Bonchev–Trinajstić information content (AvgIpc) is 3.51. The largest absolute Gasteiger partial charge is 0.464 e. The number of benzene rings is 2. The number of nitrogens with zero attached hydrogens (tertiary/aromatic N) is 2. The number of hydrogen-bond donors (Lipinski definition) is 3. The number of hydrazine groups is 1. The third-order valence-corrected chi connectivity index (χ3v) is 6.92. The van der Waals surface area contributed by atoms with E-state index >= 15 is 0 Å². The molecule has 0 unspecified atom stereocenters. The molecular formula is C29H27N5O7. The first-order chi connectivity index (χ1) is 19.6. The van der Waals surface area contributed by atoms with Crippen LogP contribution in [0.1, 0.15) is 67.3 Å². The average molecular weight is 558 g/mol. The lowest BCUT2D eigenvalue weighted by Gasteiger charge is -2.13. The maximum atomic E-state index is 12.8. The normalized spacial score (nSPS) is 13.6. The van der Waals surface area contributed by atoms with Gasteiger partial charge in [-0.05, 0) is 62.9 Å². The van der Waals surface area contributed by atoms with Gasteiger partial charge in [-0.25, -0.2) is 5.43 Å². The van der Waals surface area contributed by atoms with Crippen LogP contribution in [-0.4, -0.2) is 28.4 Å². The van der Waals surface area contributed by atoms with E-state index in [1.807, 2.05) is 26.0 Å². The van der Waals surface area contributed by atoms with Gasteiger partial charge in [-0.15, -0.1) is 0 Å². The number of non-ortho nitro benzene ring substituents is 1. The number of hydrazone groups is 1. The molecule has 0 spiro atoms. The highest BCUT2D eigenvalue weighted by molar-refractivity contribution is 6.07. The molecule has 1 aliphatic rings. The van der Waals surface area contributed by atoms with E-state index in [9.17, 15) is 24.5 Å². The van der Waals surface area contributed by atoms with Gasteiger partial charge in [0.25, 0.3) is 11.6 Å². The van der Waals surface area contributed by atoms with Crippen LogP contribution in [0.2, 0.25) is 0 Å². The van der Waals surface area contributed by atoms with E-state index < -0.39 is 16.7 Å². The lowest BCUT2D eigenvalue weighted by atomic mass is 9.93. The summed E-state index contributed by atoms with van der Waals surface area (Å²) in [6.07, 6.45) is 3.57. The van der Waals surface area contributed by atoms with E-state index in [1.54, 1.807) is 13.2 Å². The number of nitro groups is 1. The Hall–Kier alpha value is -5.26. The summed E-state index contributed by atoms with van der Waals surface area (Å²) in [7, 11) is 0. The maximum Gasteiger partial charge on any atom is 0.305 e. The van der Waals surface area contributed by atoms with Crippen LogP contribution < -0.4 is 16.3 Å². The Morgan fingerprint density at radius 1 is 1.02 bits per heavy atom. The lowest BCUT2D eigenvalue weighted by Crippen LogP contribution is -2.41. The number of amides is 3. The zero-order chi connectivity index (χ0) is 29.3. The molecule has 3 amide bonds. The van der Waals surface area contributed by atoms with Crippen molar-refractivity contribution in [2.75, 3.05) is 0 Å². The highest BCUT2D eigenvalue weighted by Crippen LogP contribution is 2.30. The van der Waals surface area contributed by atoms with Crippen molar-refractivity contribution in [2.45, 2.75) is 46.5 Å². The van der Waals surface area contributed by atoms with Crippen molar-refractivity contribution in [1.82, 2.24) is 16.3 Å². The van der Waals surface area contributed by atoms with E-state index in [4.69, 9.17) is 8.83 Å². The molecule has 0 bridgehead atoms. The number of carbonyl (C=O) groups is 3. The van der Waals surface area contributed by atoms with Crippen LogP contribution in [0.25, 0.3) is 11.0 Å². The van der Waals surface area contributed by atoms with Crippen LogP contribution in [0.15, 0.2) is 56.6 Å². The molecule has 0 saturated carbocycles. The van der Waals surface area contributed by atoms with Gasteiger partial charge in [0.05, 0.1) is 23.3 Å². The summed E-state index contributed by atoms with van der Waals surface area (Å²) in [5.41, 5.74) is 12.6. The summed E-state index contributed by atoms with van der Waals surface area (Å²) in [6, 6.07) is 8.93. The molecule has 2 aromatic carbocycles. The van der Waals surface area contributed by atoms with Gasteiger partial charge < -0.3 is 8.83 Å². The number of nitrogens with one attached hydrogen (secondary N) is 3. The first-order valence-corrected chi connectivity index (χ1v) is 12.9. The van der Waals surface area contributed by atoms with Gasteiger partial charge in [0, 0.05) is 46.2 Å². The number of carbonyl (C=O) groups excluding carboxylic acids is 3. The highest BCUT2D eigenvalue weighted by Gasteiger charge is 2.28. The van der Waals surface area contributed by atoms with Crippen LogP contribution >= 0.6 is 0 Å². The Bertz CT molecular complexity index is 1730. The van der Waals surface area contributed by atoms with Gasteiger partial charge in [-0.2, -0.15) is 5.10 Å². The van der Waals surface area contributed by atoms with Gasteiger partial charge in [0.2, 0.25) is 5.91 Å². The smallest absolute Gasteiger partial charge is 0.305 e. The number of furan rings is 2. The predicted octanol–water partition coefficient (Wildman–Crippen LogP) is 4.33. The van der Waals surface area contributed by atoms with E-state index in [0.29, 0.717) is 35.4 Å². The van der Waals surface area contributed by atoms with E-state index in [-0.39, 0.29) is 29.3 Å². The molecule has 12 nitrogen and oxygen atoms in total. The molecule has 2 heterocycles. The quantitative estimate of drug-likeness (QED) is 0.234. The predicted molar refractivity (Wildman–Crippen MR) is 148 cm³/mol. The Kier molecular flexibility index (Phi) is 7.38. The molecule has 210 valence electrons. The van der Waals surface area contributed by atoms with Gasteiger partial charge in [0.15, 0.2) is 5.76 Å². The minimum Gasteiger partial charge on any atom is -0.464 e. The van der Waals surface area contributed by atoms with Crippen molar-refractivity contribution in [3.8, 4) is 0 Å². The standard InChI is InChI=1S/C29H27N5O7/c1-15-11-16(2)25-19(14-40-23(25)12-15)13-24(35)31-30-21-5-4-6-22-26(21)17(3)27(41-22)29(37)33-32-28(36)18-7-9-20(10-8-18)34(38)39/h7-12,14H,4-6,13H2,1-3H3,(H,31,35)(H,32,36)(H,33,37)/b30-21+. The van der Waals surface area contributed by atoms with Crippen molar-refractivity contribution in [1.29, 1.82) is 0 Å². The number of rotatable bonds is 6. The fourth-order valence-electron chi connectivity index (χ4n) is 5.07. The number of nitro benzene ring substituents is 1. The lowest BCUT2D eigenvalue weighted by molar-refractivity contribution is -0.384. The molecule has 0 atom stereocenters. The molecule has 41 heavy (non-hydrogen) atoms. The molecule has 1 aliphatic carbocycles. The fourth-order valence-corrected chi connectivity index (χ4v) is 5.07. The van der Waals surface area contributed by atoms with Crippen molar-refractivity contribution in [3.63, 3.8) is 0 Å². The molecule has 0 fully saturated rings. The minimum absolute atomic E-state index is 0.00978. The summed E-state index contributed by atoms with van der Waals surface area (Å²) < 4.78 is 11.5. The van der Waals surface area contributed by atoms with Crippen LogP contribution in [0.3, 0.4) is 0 Å². The van der Waals surface area contributed by atoms with E-state index in [2.05, 4.69) is 21.4 Å². The summed E-state index contributed by atoms with van der Waals surface area (Å²) in [6.45, 7) is 5.67. The Morgan fingerprint density at radius 3 is 2.49 bits per heavy atom. The first kappa shape index (κ1) is 27.3. The van der Waals surface area contributed by atoms with Crippen LogP contribution in [0.4, 0.5) is 5.69 Å². The van der Waals surface area contributed by atoms with Crippen molar-refractivity contribution in [2.24, 2.45) is 5.10 Å². The number of fused-ring (bicyclic) bond motifs is 2. The molecule has 0 aliphatic heterocycles. The number of hydrogen-bond acceptors (Lipinski definition) is 8. The maximum absolute atomic E-state index is 12.8. The second-order valence-electron chi connectivity index (χ2n) is 9.91. The third kappa shape index (κ3) is 5.57. The highest BCUT2D eigenvalue weighted by atomic mass is 16.6. The second-order valence-corrected chi connectivity index (χ2v) is 9.91. The third-order valence-electron chi connectivity index (χ3n) is 6.92. The van der Waals surface area contributed by atoms with Gasteiger partial charge in [0.1, 0.15) is 11.3 Å². The molecule has 12 heteroatoms. The zero-order valence-corrected chi connectivity index (χ0v) is 22.6. The van der Waals surface area contributed by atoms with Gasteiger partial charge in [-0.1, -0.05) is 6.07 Å². The van der Waals surface area contributed by atoms with E-state index in [1.165, 1.54) is 24.3 Å². The minimum atomic E-state index is -0.673. The van der Waals surface area contributed by atoms with Gasteiger partial charge in [-0.3, -0.25) is 35.3 Å². The molecule has 0 radical (unpaired) electrons. The van der Waals surface area contributed by atoms with Crippen LogP contribution in [-0.2, 0) is 17.6 Å². The number of aryl methyl sites for hydroxylation is 3. The first-order valence-electron chi connectivity index (χ1n) is 12.9. The Labute approximate surface area is 233 Å². The van der Waals surface area contributed by atoms with Crippen LogP contribution in [0.5, 0.6) is 0 Å².